The smallest absolute Gasteiger partial charge is 0.227 e. The molecule has 1 amide bonds. The maximum Gasteiger partial charge on any atom is 0.227 e. The van der Waals surface area contributed by atoms with Gasteiger partial charge < -0.3 is 21.1 Å². The SMILES string of the molecule is C=C.C=CC(=C)COC(=C)NC/C=C/C(=C)F.C=CC1=C(C)CCCC1.C=CC1CC1C(=O)N/C=C/C=C/CN. The van der Waals surface area contributed by atoms with Gasteiger partial charge in [-0.15, -0.1) is 19.7 Å². The highest BCUT2D eigenvalue weighted by molar-refractivity contribution is 5.82. The van der Waals surface area contributed by atoms with Gasteiger partial charge in [0.2, 0.25) is 5.91 Å². The minimum Gasteiger partial charge on any atom is -0.475 e. The Morgan fingerprint density at radius 2 is 1.77 bits per heavy atom. The summed E-state index contributed by atoms with van der Waals surface area (Å²) in [5.41, 5.74) is 9.05. The molecule has 0 heterocycles. The van der Waals surface area contributed by atoms with Crippen LogP contribution in [0.1, 0.15) is 39.0 Å². The molecule has 2 aliphatic rings. The Bertz CT molecular complexity index is 956. The van der Waals surface area contributed by atoms with Gasteiger partial charge in [0, 0.05) is 25.2 Å². The molecular weight excluding hydrogens is 501 g/mol. The van der Waals surface area contributed by atoms with Gasteiger partial charge in [0.1, 0.15) is 12.4 Å². The van der Waals surface area contributed by atoms with Crippen molar-refractivity contribution in [1.82, 2.24) is 10.6 Å². The fourth-order valence-electron chi connectivity index (χ4n) is 3.23. The van der Waals surface area contributed by atoms with Crippen molar-refractivity contribution in [2.75, 3.05) is 19.7 Å². The molecule has 0 spiro atoms. The molecule has 4 N–H and O–H groups in total. The molecule has 0 saturated heterocycles. The summed E-state index contributed by atoms with van der Waals surface area (Å²) in [6.07, 6.45) is 21.5. The van der Waals surface area contributed by atoms with Crippen molar-refractivity contribution in [3.8, 4) is 0 Å². The van der Waals surface area contributed by atoms with Gasteiger partial charge in [0.05, 0.1) is 0 Å². The molecule has 2 atom stereocenters. The van der Waals surface area contributed by atoms with E-state index in [1.165, 1.54) is 37.3 Å². The first-order valence-corrected chi connectivity index (χ1v) is 13.3. The molecule has 5 nitrogen and oxygen atoms in total. The Balaban J connectivity index is 0. The first-order chi connectivity index (χ1) is 19.2. The highest BCUT2D eigenvalue weighted by atomic mass is 19.1. The predicted octanol–water partition coefficient (Wildman–Crippen LogP) is 7.66. The molecule has 40 heavy (non-hydrogen) atoms. The minimum absolute atomic E-state index is 0.0762. The molecular formula is C34H50FN3O2. The number of rotatable bonds is 14. The van der Waals surface area contributed by atoms with E-state index in [1.54, 1.807) is 36.1 Å². The summed E-state index contributed by atoms with van der Waals surface area (Å²) in [6.45, 7) is 30.9. The number of nitrogens with two attached hydrogens (primary N) is 1. The standard InChI is InChI=1S/C12H16FNO.C11H16N2O.C9H14.C2H4/c1-5-10(2)9-15-12(4)14-8-6-7-11(3)13;1-2-9-8-10(9)11(14)13-7-5-3-4-6-12;1-3-9-7-5-4-6-8(9)2;1-2/h5-7,14H,1-4,8-9H2;2-5,7,9-10H,1,6,8,12H2,(H,13,14);3H,1,4-7H2,2H3;1-2H2/b7-6+;4-3+,7-5+;;. The third kappa shape index (κ3) is 21.1. The first kappa shape index (κ1) is 38.2. The summed E-state index contributed by atoms with van der Waals surface area (Å²) in [7, 11) is 0. The Morgan fingerprint density at radius 3 is 2.27 bits per heavy atom. The van der Waals surface area contributed by atoms with Gasteiger partial charge in [0.25, 0.3) is 0 Å². The van der Waals surface area contributed by atoms with E-state index in [0.29, 0.717) is 31.5 Å². The first-order valence-electron chi connectivity index (χ1n) is 13.3. The Labute approximate surface area is 242 Å². The molecule has 2 rings (SSSR count). The second kappa shape index (κ2) is 25.4. The average molecular weight is 552 g/mol. The lowest BCUT2D eigenvalue weighted by Gasteiger charge is -2.13. The van der Waals surface area contributed by atoms with Crippen molar-refractivity contribution < 1.29 is 13.9 Å². The number of carbonyl (C=O) groups excluding carboxylic acids is 1. The van der Waals surface area contributed by atoms with Crippen LogP contribution in [-0.4, -0.2) is 25.6 Å². The summed E-state index contributed by atoms with van der Waals surface area (Å²) in [5.74, 6) is 0.515. The lowest BCUT2D eigenvalue weighted by Crippen LogP contribution is -2.19. The zero-order valence-electron chi connectivity index (χ0n) is 24.4. The van der Waals surface area contributed by atoms with Crippen LogP contribution in [0.2, 0.25) is 0 Å². The van der Waals surface area contributed by atoms with Crippen molar-refractivity contribution >= 4 is 5.91 Å². The van der Waals surface area contributed by atoms with Crippen molar-refractivity contribution in [3.63, 3.8) is 0 Å². The van der Waals surface area contributed by atoms with Gasteiger partial charge in [-0.2, -0.15) is 0 Å². The van der Waals surface area contributed by atoms with Crippen molar-refractivity contribution in [2.24, 2.45) is 17.6 Å². The van der Waals surface area contributed by atoms with Crippen molar-refractivity contribution in [1.29, 1.82) is 0 Å². The van der Waals surface area contributed by atoms with E-state index in [4.69, 9.17) is 10.5 Å². The predicted molar refractivity (Wildman–Crippen MR) is 172 cm³/mol. The molecule has 0 aromatic rings. The van der Waals surface area contributed by atoms with Crippen LogP contribution in [0.3, 0.4) is 0 Å². The van der Waals surface area contributed by atoms with Crippen LogP contribution < -0.4 is 16.4 Å². The van der Waals surface area contributed by atoms with Crippen molar-refractivity contribution in [3.05, 3.63) is 136 Å². The molecule has 220 valence electrons. The Morgan fingerprint density at radius 1 is 1.10 bits per heavy atom. The van der Waals surface area contributed by atoms with E-state index in [-0.39, 0.29) is 11.8 Å². The molecule has 0 aromatic heterocycles. The number of carbonyl (C=O) groups is 1. The van der Waals surface area contributed by atoms with E-state index >= 15 is 0 Å². The average Bonchev–Trinajstić information content (AvgIpc) is 3.76. The normalized spacial score (nSPS) is 17.2. The van der Waals surface area contributed by atoms with E-state index < -0.39 is 5.83 Å². The van der Waals surface area contributed by atoms with E-state index in [9.17, 15) is 9.18 Å². The van der Waals surface area contributed by atoms with Crippen LogP contribution in [-0.2, 0) is 9.53 Å². The minimum atomic E-state index is -0.483. The monoisotopic (exact) mass is 551 g/mol. The topological polar surface area (TPSA) is 76.4 Å². The lowest BCUT2D eigenvalue weighted by atomic mass is 9.93. The van der Waals surface area contributed by atoms with Crippen LogP contribution >= 0.6 is 0 Å². The third-order valence-electron chi connectivity index (χ3n) is 5.66. The zero-order valence-corrected chi connectivity index (χ0v) is 24.4. The van der Waals surface area contributed by atoms with Gasteiger partial charge in [-0.3, -0.25) is 4.79 Å². The number of allylic oxidation sites excluding steroid dienone is 8. The van der Waals surface area contributed by atoms with E-state index in [1.807, 2.05) is 18.2 Å². The summed E-state index contributed by atoms with van der Waals surface area (Å²) in [4.78, 5) is 11.3. The van der Waals surface area contributed by atoms with E-state index in [0.717, 1.165) is 12.0 Å². The molecule has 0 aromatic carbocycles. The second-order valence-corrected chi connectivity index (χ2v) is 8.79. The maximum absolute atomic E-state index is 12.1. The Hall–Kier alpha value is -3.90. The van der Waals surface area contributed by atoms with Gasteiger partial charge in [-0.25, -0.2) is 4.39 Å². The second-order valence-electron chi connectivity index (χ2n) is 8.79. The molecule has 0 radical (unpaired) electrons. The highest BCUT2D eigenvalue weighted by Gasteiger charge is 2.40. The molecule has 0 aliphatic heterocycles. The number of nitrogens with one attached hydrogen (secondary N) is 2. The van der Waals surface area contributed by atoms with Crippen molar-refractivity contribution in [2.45, 2.75) is 39.0 Å². The summed E-state index contributed by atoms with van der Waals surface area (Å²) < 4.78 is 17.3. The zero-order chi connectivity index (χ0) is 30.8. The number of halogens is 1. The van der Waals surface area contributed by atoms with Gasteiger partial charge in [-0.1, -0.05) is 68.3 Å². The molecule has 1 fully saturated rings. The number of amides is 1. The molecule has 6 heteroatoms. The summed E-state index contributed by atoms with van der Waals surface area (Å²) in [6, 6.07) is 0. The summed E-state index contributed by atoms with van der Waals surface area (Å²) >= 11 is 0. The molecule has 1 saturated carbocycles. The molecule has 2 unspecified atom stereocenters. The number of hydrogen-bond acceptors (Lipinski definition) is 4. The molecule has 2 aliphatic carbocycles. The third-order valence-corrected chi connectivity index (χ3v) is 5.66. The fourth-order valence-corrected chi connectivity index (χ4v) is 3.23. The number of ether oxygens (including phenoxy) is 1. The summed E-state index contributed by atoms with van der Waals surface area (Å²) in [5, 5.41) is 5.54. The van der Waals surface area contributed by atoms with Gasteiger partial charge in [-0.05, 0) is 74.8 Å². The molecule has 0 bridgehead atoms. The highest BCUT2D eigenvalue weighted by Crippen LogP contribution is 2.39. The maximum atomic E-state index is 12.1. The van der Waals surface area contributed by atoms with Crippen LogP contribution in [0.25, 0.3) is 0 Å². The fraction of sp³-hybridized carbons (Fsp3) is 0.324. The van der Waals surface area contributed by atoms with Crippen LogP contribution in [0.5, 0.6) is 0 Å². The lowest BCUT2D eigenvalue weighted by molar-refractivity contribution is -0.121. The van der Waals surface area contributed by atoms with E-state index in [2.05, 4.69) is 70.2 Å². The van der Waals surface area contributed by atoms with Crippen LogP contribution in [0.4, 0.5) is 4.39 Å². The van der Waals surface area contributed by atoms with Crippen LogP contribution in [0, 0.1) is 11.8 Å². The quantitative estimate of drug-likeness (QED) is 0.118. The van der Waals surface area contributed by atoms with Gasteiger partial charge >= 0.3 is 0 Å². The largest absolute Gasteiger partial charge is 0.475 e. The van der Waals surface area contributed by atoms with Crippen LogP contribution in [0.15, 0.2) is 136 Å². The Kier molecular flexibility index (Phi) is 24.3. The number of hydrogen-bond donors (Lipinski definition) is 3. The van der Waals surface area contributed by atoms with Gasteiger partial charge in [0.15, 0.2) is 5.88 Å².